The SMILES string of the molecule is CCC(NC1CC(OC)C1)c1ccc(OC)cc1. The third-order valence-corrected chi connectivity index (χ3v) is 3.79. The van der Waals surface area contributed by atoms with Crippen LogP contribution in [-0.4, -0.2) is 26.4 Å². The van der Waals surface area contributed by atoms with E-state index in [1.54, 1.807) is 14.2 Å². The first-order chi connectivity index (χ1) is 8.76. The first kappa shape index (κ1) is 13.4. The van der Waals surface area contributed by atoms with E-state index in [1.807, 2.05) is 12.1 Å². The standard InChI is InChI=1S/C15H23NO2/c1-4-15(16-12-9-14(10-12)18-3)11-5-7-13(17-2)8-6-11/h5-8,12,14-16H,4,9-10H2,1-3H3. The summed E-state index contributed by atoms with van der Waals surface area (Å²) in [5.74, 6) is 0.914. The minimum atomic E-state index is 0.429. The van der Waals surface area contributed by atoms with Crippen LogP contribution in [0, 0.1) is 0 Å². The van der Waals surface area contributed by atoms with Gasteiger partial charge >= 0.3 is 0 Å². The highest BCUT2D eigenvalue weighted by molar-refractivity contribution is 5.29. The van der Waals surface area contributed by atoms with Crippen molar-refractivity contribution in [3.8, 4) is 5.75 Å². The monoisotopic (exact) mass is 249 g/mol. The summed E-state index contributed by atoms with van der Waals surface area (Å²) in [6.45, 7) is 2.22. The summed E-state index contributed by atoms with van der Waals surface area (Å²) in [5, 5.41) is 3.70. The van der Waals surface area contributed by atoms with Crippen molar-refractivity contribution in [3.63, 3.8) is 0 Å². The van der Waals surface area contributed by atoms with E-state index in [4.69, 9.17) is 9.47 Å². The summed E-state index contributed by atoms with van der Waals surface area (Å²) in [4.78, 5) is 0. The van der Waals surface area contributed by atoms with Gasteiger partial charge in [0, 0.05) is 19.2 Å². The van der Waals surface area contributed by atoms with Crippen LogP contribution < -0.4 is 10.1 Å². The third-order valence-electron chi connectivity index (χ3n) is 3.79. The second kappa shape index (κ2) is 6.21. The maximum absolute atomic E-state index is 5.31. The molecule has 1 aromatic rings. The van der Waals surface area contributed by atoms with Gasteiger partial charge in [0.2, 0.25) is 0 Å². The Morgan fingerprint density at radius 2 is 1.89 bits per heavy atom. The Kier molecular flexibility index (Phi) is 4.61. The summed E-state index contributed by atoms with van der Waals surface area (Å²) in [7, 11) is 3.49. The number of ether oxygens (including phenoxy) is 2. The maximum atomic E-state index is 5.31. The van der Waals surface area contributed by atoms with Crippen LogP contribution in [0.25, 0.3) is 0 Å². The largest absolute Gasteiger partial charge is 0.497 e. The van der Waals surface area contributed by atoms with Crippen LogP contribution >= 0.6 is 0 Å². The van der Waals surface area contributed by atoms with Crippen molar-refractivity contribution in [1.82, 2.24) is 5.32 Å². The van der Waals surface area contributed by atoms with Crippen LogP contribution in [0.5, 0.6) is 5.75 Å². The molecule has 1 atom stereocenters. The minimum absolute atomic E-state index is 0.429. The smallest absolute Gasteiger partial charge is 0.118 e. The molecule has 0 aromatic heterocycles. The van der Waals surface area contributed by atoms with E-state index in [2.05, 4.69) is 24.4 Å². The number of methoxy groups -OCH3 is 2. The van der Waals surface area contributed by atoms with Crippen molar-refractivity contribution in [3.05, 3.63) is 29.8 Å². The summed E-state index contributed by atoms with van der Waals surface area (Å²) >= 11 is 0. The van der Waals surface area contributed by atoms with Crippen LogP contribution in [0.15, 0.2) is 24.3 Å². The van der Waals surface area contributed by atoms with Gasteiger partial charge in [-0.2, -0.15) is 0 Å². The number of rotatable bonds is 6. The zero-order valence-electron chi connectivity index (χ0n) is 11.5. The van der Waals surface area contributed by atoms with Crippen LogP contribution in [0.4, 0.5) is 0 Å². The molecule has 1 N–H and O–H groups in total. The van der Waals surface area contributed by atoms with E-state index in [1.165, 1.54) is 5.56 Å². The molecule has 0 spiro atoms. The Bertz CT molecular complexity index is 357. The molecule has 1 saturated carbocycles. The van der Waals surface area contributed by atoms with Gasteiger partial charge in [-0.25, -0.2) is 0 Å². The quantitative estimate of drug-likeness (QED) is 0.841. The van der Waals surface area contributed by atoms with Crippen molar-refractivity contribution < 1.29 is 9.47 Å². The number of hydrogen-bond acceptors (Lipinski definition) is 3. The molecular formula is C15H23NO2. The van der Waals surface area contributed by atoms with E-state index in [-0.39, 0.29) is 0 Å². The average Bonchev–Trinajstić information content (AvgIpc) is 2.38. The van der Waals surface area contributed by atoms with Gasteiger partial charge < -0.3 is 14.8 Å². The van der Waals surface area contributed by atoms with Crippen molar-refractivity contribution in [2.45, 2.75) is 44.4 Å². The topological polar surface area (TPSA) is 30.5 Å². The molecule has 0 bridgehead atoms. The second-order valence-electron chi connectivity index (χ2n) is 4.93. The molecule has 2 rings (SSSR count). The third kappa shape index (κ3) is 3.03. The Hall–Kier alpha value is -1.06. The first-order valence-electron chi connectivity index (χ1n) is 6.69. The molecule has 100 valence electrons. The molecule has 1 unspecified atom stereocenters. The van der Waals surface area contributed by atoms with Gasteiger partial charge in [-0.1, -0.05) is 19.1 Å². The Labute approximate surface area is 109 Å². The normalized spacial score (nSPS) is 24.4. The van der Waals surface area contributed by atoms with Gasteiger partial charge in [0.15, 0.2) is 0 Å². The van der Waals surface area contributed by atoms with Crippen LogP contribution in [-0.2, 0) is 4.74 Å². The Morgan fingerprint density at radius 3 is 2.39 bits per heavy atom. The molecule has 3 nitrogen and oxygen atoms in total. The van der Waals surface area contributed by atoms with E-state index in [0.29, 0.717) is 18.2 Å². The van der Waals surface area contributed by atoms with Gasteiger partial charge in [-0.15, -0.1) is 0 Å². The lowest BCUT2D eigenvalue weighted by atomic mass is 9.87. The molecule has 0 radical (unpaired) electrons. The molecule has 1 aliphatic carbocycles. The summed E-state index contributed by atoms with van der Waals surface area (Å²) in [5.41, 5.74) is 1.33. The van der Waals surface area contributed by atoms with Gasteiger partial charge in [-0.05, 0) is 37.0 Å². The fraction of sp³-hybridized carbons (Fsp3) is 0.600. The molecule has 0 aliphatic heterocycles. The number of benzene rings is 1. The van der Waals surface area contributed by atoms with Crippen LogP contribution in [0.2, 0.25) is 0 Å². The fourth-order valence-corrected chi connectivity index (χ4v) is 2.46. The Balaban J connectivity index is 1.91. The maximum Gasteiger partial charge on any atom is 0.118 e. The average molecular weight is 249 g/mol. The van der Waals surface area contributed by atoms with Gasteiger partial charge in [0.25, 0.3) is 0 Å². The van der Waals surface area contributed by atoms with Crippen molar-refractivity contribution in [2.75, 3.05) is 14.2 Å². The van der Waals surface area contributed by atoms with E-state index >= 15 is 0 Å². The van der Waals surface area contributed by atoms with Crippen LogP contribution in [0.1, 0.15) is 37.8 Å². The molecule has 18 heavy (non-hydrogen) atoms. The van der Waals surface area contributed by atoms with E-state index in [9.17, 15) is 0 Å². The molecule has 1 aliphatic rings. The number of hydrogen-bond donors (Lipinski definition) is 1. The molecule has 1 aromatic carbocycles. The lowest BCUT2D eigenvalue weighted by Crippen LogP contribution is -2.46. The number of nitrogens with one attached hydrogen (secondary N) is 1. The Morgan fingerprint density at radius 1 is 1.22 bits per heavy atom. The molecule has 1 fully saturated rings. The lowest BCUT2D eigenvalue weighted by Gasteiger charge is -2.37. The first-order valence-corrected chi connectivity index (χ1v) is 6.69. The zero-order valence-corrected chi connectivity index (χ0v) is 11.5. The summed E-state index contributed by atoms with van der Waals surface area (Å²) in [6, 6.07) is 9.37. The summed E-state index contributed by atoms with van der Waals surface area (Å²) in [6.07, 6.45) is 3.81. The molecule has 0 heterocycles. The highest BCUT2D eigenvalue weighted by Crippen LogP contribution is 2.27. The molecular weight excluding hydrogens is 226 g/mol. The van der Waals surface area contributed by atoms with Crippen molar-refractivity contribution >= 4 is 0 Å². The highest BCUT2D eigenvalue weighted by atomic mass is 16.5. The predicted molar refractivity (Wildman–Crippen MR) is 73.0 cm³/mol. The molecule has 3 heteroatoms. The van der Waals surface area contributed by atoms with Gasteiger partial charge in [-0.3, -0.25) is 0 Å². The highest BCUT2D eigenvalue weighted by Gasteiger charge is 2.30. The molecule has 0 amide bonds. The van der Waals surface area contributed by atoms with Crippen molar-refractivity contribution in [2.24, 2.45) is 0 Å². The lowest BCUT2D eigenvalue weighted by molar-refractivity contribution is 0.0139. The van der Waals surface area contributed by atoms with Gasteiger partial charge in [0.05, 0.1) is 13.2 Å². The fourth-order valence-electron chi connectivity index (χ4n) is 2.46. The van der Waals surface area contributed by atoms with E-state index in [0.717, 1.165) is 25.0 Å². The van der Waals surface area contributed by atoms with Gasteiger partial charge in [0.1, 0.15) is 5.75 Å². The summed E-state index contributed by atoms with van der Waals surface area (Å²) < 4.78 is 10.5. The van der Waals surface area contributed by atoms with Crippen LogP contribution in [0.3, 0.4) is 0 Å². The molecule has 0 saturated heterocycles. The van der Waals surface area contributed by atoms with E-state index < -0.39 is 0 Å². The second-order valence-corrected chi connectivity index (χ2v) is 4.93. The zero-order chi connectivity index (χ0) is 13.0. The minimum Gasteiger partial charge on any atom is -0.497 e. The van der Waals surface area contributed by atoms with Crippen molar-refractivity contribution in [1.29, 1.82) is 0 Å². The predicted octanol–water partition coefficient (Wildman–Crippen LogP) is 2.91.